The zero-order chi connectivity index (χ0) is 16.2. The molecule has 1 amide bonds. The van der Waals surface area contributed by atoms with Crippen LogP contribution in [0.2, 0.25) is 0 Å². The molecule has 116 valence electrons. The summed E-state index contributed by atoms with van der Waals surface area (Å²) in [7, 11) is 3.01. The summed E-state index contributed by atoms with van der Waals surface area (Å²) in [4.78, 5) is 24.9. The average molecular weight is 293 g/mol. The summed E-state index contributed by atoms with van der Waals surface area (Å²) in [6, 6.07) is 7.16. The maximum atomic E-state index is 12.0. The fourth-order valence-corrected chi connectivity index (χ4v) is 1.74. The third-order valence-electron chi connectivity index (χ3n) is 3.00. The molecule has 0 aliphatic carbocycles. The molecule has 5 heteroatoms. The highest BCUT2D eigenvalue weighted by Crippen LogP contribution is 2.22. The third-order valence-corrected chi connectivity index (χ3v) is 3.00. The first-order chi connectivity index (χ1) is 9.65. The van der Waals surface area contributed by atoms with Gasteiger partial charge in [-0.25, -0.2) is 4.79 Å². The number of carbonyl (C=O) groups excluding carboxylic acids is 2. The van der Waals surface area contributed by atoms with Gasteiger partial charge in [-0.3, -0.25) is 9.69 Å². The molecule has 0 saturated carbocycles. The van der Waals surface area contributed by atoms with E-state index >= 15 is 0 Å². The number of carbonyl (C=O) groups is 2. The van der Waals surface area contributed by atoms with Crippen LogP contribution in [0.4, 0.5) is 10.5 Å². The molecule has 0 N–H and O–H groups in total. The zero-order valence-electron chi connectivity index (χ0n) is 13.5. The molecule has 0 spiro atoms. The van der Waals surface area contributed by atoms with Crippen LogP contribution in [0.15, 0.2) is 24.3 Å². The van der Waals surface area contributed by atoms with E-state index in [4.69, 9.17) is 9.47 Å². The van der Waals surface area contributed by atoms with Gasteiger partial charge in [0.05, 0.1) is 13.0 Å². The van der Waals surface area contributed by atoms with Crippen LogP contribution >= 0.6 is 0 Å². The number of rotatable bonds is 3. The first-order valence-electron chi connectivity index (χ1n) is 6.80. The molecule has 0 fully saturated rings. The van der Waals surface area contributed by atoms with Crippen LogP contribution in [0, 0.1) is 0 Å². The van der Waals surface area contributed by atoms with Gasteiger partial charge in [-0.1, -0.05) is 12.1 Å². The smallest absolute Gasteiger partial charge is 0.414 e. The van der Waals surface area contributed by atoms with Crippen LogP contribution < -0.4 is 4.90 Å². The summed E-state index contributed by atoms with van der Waals surface area (Å²) >= 11 is 0. The van der Waals surface area contributed by atoms with Crippen LogP contribution in [-0.2, 0) is 14.3 Å². The molecule has 1 rings (SSSR count). The minimum Gasteiger partial charge on any atom is -0.469 e. The highest BCUT2D eigenvalue weighted by Gasteiger charge is 2.21. The molecule has 0 saturated heterocycles. The highest BCUT2D eigenvalue weighted by molar-refractivity contribution is 5.87. The molecule has 21 heavy (non-hydrogen) atoms. The number of ether oxygens (including phenoxy) is 2. The van der Waals surface area contributed by atoms with Gasteiger partial charge >= 0.3 is 12.1 Å². The number of hydrogen-bond acceptors (Lipinski definition) is 4. The fourth-order valence-electron chi connectivity index (χ4n) is 1.74. The van der Waals surface area contributed by atoms with E-state index in [0.717, 1.165) is 5.56 Å². The summed E-state index contributed by atoms with van der Waals surface area (Å²) in [5.74, 6) is -0.626. The first kappa shape index (κ1) is 17.0. The Morgan fingerprint density at radius 2 is 1.67 bits per heavy atom. The van der Waals surface area contributed by atoms with Crippen molar-refractivity contribution in [3.05, 3.63) is 29.8 Å². The molecule has 0 bridgehead atoms. The molecule has 0 aromatic heterocycles. The summed E-state index contributed by atoms with van der Waals surface area (Å²) in [5.41, 5.74) is 0.998. The Bertz CT molecular complexity index is 502. The largest absolute Gasteiger partial charge is 0.469 e. The number of benzene rings is 1. The monoisotopic (exact) mass is 293 g/mol. The lowest BCUT2D eigenvalue weighted by molar-refractivity contribution is -0.141. The van der Waals surface area contributed by atoms with Crippen molar-refractivity contribution in [1.82, 2.24) is 0 Å². The number of methoxy groups -OCH3 is 1. The molecule has 1 atom stereocenters. The Labute approximate surface area is 125 Å². The van der Waals surface area contributed by atoms with E-state index in [1.165, 1.54) is 12.0 Å². The molecule has 1 aromatic rings. The maximum absolute atomic E-state index is 12.0. The van der Waals surface area contributed by atoms with Gasteiger partial charge in [-0.05, 0) is 45.4 Å². The SMILES string of the molecule is COC(=O)[C@@H](C)c1ccc(N(C)C(=O)OC(C)(C)C)cc1. The maximum Gasteiger partial charge on any atom is 0.414 e. The van der Waals surface area contributed by atoms with Gasteiger partial charge in [-0.2, -0.15) is 0 Å². The molecule has 5 nitrogen and oxygen atoms in total. The molecule has 0 radical (unpaired) electrons. The molecule has 1 aromatic carbocycles. The van der Waals surface area contributed by atoms with Gasteiger partial charge < -0.3 is 9.47 Å². The van der Waals surface area contributed by atoms with Crippen molar-refractivity contribution >= 4 is 17.7 Å². The van der Waals surface area contributed by atoms with Crippen LogP contribution in [0.1, 0.15) is 39.2 Å². The van der Waals surface area contributed by atoms with E-state index in [0.29, 0.717) is 5.69 Å². The van der Waals surface area contributed by atoms with Gasteiger partial charge in [0.1, 0.15) is 5.60 Å². The summed E-state index contributed by atoms with van der Waals surface area (Å²) in [6.45, 7) is 7.23. The van der Waals surface area contributed by atoms with Crippen LogP contribution in [0.3, 0.4) is 0 Å². The number of nitrogens with zero attached hydrogens (tertiary/aromatic N) is 1. The van der Waals surface area contributed by atoms with Gasteiger partial charge in [0.15, 0.2) is 0 Å². The highest BCUT2D eigenvalue weighted by atomic mass is 16.6. The predicted octanol–water partition coefficient (Wildman–Crippen LogP) is 3.33. The quantitative estimate of drug-likeness (QED) is 0.802. The van der Waals surface area contributed by atoms with Gasteiger partial charge in [0.25, 0.3) is 0 Å². The fraction of sp³-hybridized carbons (Fsp3) is 0.500. The van der Waals surface area contributed by atoms with Crippen LogP contribution in [0.5, 0.6) is 0 Å². The van der Waals surface area contributed by atoms with Crippen molar-refractivity contribution in [1.29, 1.82) is 0 Å². The topological polar surface area (TPSA) is 55.8 Å². The van der Waals surface area contributed by atoms with E-state index in [1.54, 1.807) is 38.2 Å². The zero-order valence-corrected chi connectivity index (χ0v) is 13.5. The van der Waals surface area contributed by atoms with Crippen LogP contribution in [0.25, 0.3) is 0 Å². The Balaban J connectivity index is 2.82. The number of esters is 1. The van der Waals surface area contributed by atoms with Gasteiger partial charge in [0.2, 0.25) is 0 Å². The minimum absolute atomic E-state index is 0.289. The molecule has 0 heterocycles. The lowest BCUT2D eigenvalue weighted by Gasteiger charge is -2.24. The second-order valence-electron chi connectivity index (χ2n) is 5.88. The second kappa shape index (κ2) is 6.61. The number of anilines is 1. The van der Waals surface area contributed by atoms with Gasteiger partial charge in [-0.15, -0.1) is 0 Å². The van der Waals surface area contributed by atoms with Crippen molar-refractivity contribution in [3.8, 4) is 0 Å². The second-order valence-corrected chi connectivity index (χ2v) is 5.88. The predicted molar refractivity (Wildman–Crippen MR) is 81.5 cm³/mol. The number of amides is 1. The minimum atomic E-state index is -0.537. The van der Waals surface area contributed by atoms with Crippen molar-refractivity contribution < 1.29 is 19.1 Å². The van der Waals surface area contributed by atoms with Crippen molar-refractivity contribution in [2.75, 3.05) is 19.1 Å². The van der Waals surface area contributed by atoms with Gasteiger partial charge in [0, 0.05) is 12.7 Å². The Morgan fingerprint density at radius 3 is 2.10 bits per heavy atom. The normalized spacial score (nSPS) is 12.5. The van der Waals surface area contributed by atoms with E-state index in [2.05, 4.69) is 0 Å². The Kier molecular flexibility index (Phi) is 5.35. The van der Waals surface area contributed by atoms with Crippen molar-refractivity contribution in [2.24, 2.45) is 0 Å². The Morgan fingerprint density at radius 1 is 1.14 bits per heavy atom. The first-order valence-corrected chi connectivity index (χ1v) is 6.80. The molecular formula is C16H23NO4. The lowest BCUT2D eigenvalue weighted by Crippen LogP contribution is -2.34. The number of hydrogen-bond donors (Lipinski definition) is 0. The lowest BCUT2D eigenvalue weighted by atomic mass is 10.0. The third kappa shape index (κ3) is 4.77. The van der Waals surface area contributed by atoms with E-state index in [-0.39, 0.29) is 11.9 Å². The molecular weight excluding hydrogens is 270 g/mol. The van der Waals surface area contributed by atoms with E-state index < -0.39 is 11.7 Å². The van der Waals surface area contributed by atoms with E-state index in [1.807, 2.05) is 20.8 Å². The average Bonchev–Trinajstić information content (AvgIpc) is 2.43. The van der Waals surface area contributed by atoms with Crippen LogP contribution in [-0.4, -0.2) is 31.8 Å². The molecule has 0 unspecified atom stereocenters. The van der Waals surface area contributed by atoms with Crippen molar-refractivity contribution in [2.45, 2.75) is 39.2 Å². The summed E-state index contributed by atoms with van der Waals surface area (Å²) in [5, 5.41) is 0. The molecule has 0 aliphatic rings. The van der Waals surface area contributed by atoms with Crippen molar-refractivity contribution in [3.63, 3.8) is 0 Å². The summed E-state index contributed by atoms with van der Waals surface area (Å²) in [6.07, 6.45) is -0.420. The van der Waals surface area contributed by atoms with E-state index in [9.17, 15) is 9.59 Å². The standard InChI is InChI=1S/C16H23NO4/c1-11(14(18)20-6)12-7-9-13(10-8-12)17(5)15(19)21-16(2,3)4/h7-11H,1-6H3/t11-/m0/s1. The Hall–Kier alpha value is -2.04. The molecule has 0 aliphatic heterocycles. The summed E-state index contributed by atoms with van der Waals surface area (Å²) < 4.78 is 10.0.